The van der Waals surface area contributed by atoms with E-state index in [1.54, 1.807) is 0 Å². The molecule has 0 fully saturated rings. The summed E-state index contributed by atoms with van der Waals surface area (Å²) in [6.07, 6.45) is -3.67. The molecule has 0 saturated carbocycles. The largest absolute Gasteiger partial charge is 0.433 e. The van der Waals surface area contributed by atoms with Crippen LogP contribution < -0.4 is 11.1 Å². The fourth-order valence-corrected chi connectivity index (χ4v) is 1.19. The Balaban J connectivity index is 2.76. The van der Waals surface area contributed by atoms with E-state index in [2.05, 4.69) is 15.3 Å². The molecule has 0 aliphatic heterocycles. The van der Waals surface area contributed by atoms with E-state index in [4.69, 9.17) is 5.73 Å². The van der Waals surface area contributed by atoms with Gasteiger partial charge in [0.25, 0.3) is 0 Å². The van der Waals surface area contributed by atoms with E-state index < -0.39 is 11.9 Å². The van der Waals surface area contributed by atoms with Crippen molar-refractivity contribution in [2.75, 3.05) is 17.6 Å². The van der Waals surface area contributed by atoms with Crippen molar-refractivity contribution in [2.45, 2.75) is 26.4 Å². The van der Waals surface area contributed by atoms with Crippen molar-refractivity contribution in [1.29, 1.82) is 0 Å². The van der Waals surface area contributed by atoms with Crippen molar-refractivity contribution in [3.8, 4) is 0 Å². The number of rotatable bonds is 4. The van der Waals surface area contributed by atoms with E-state index in [0.717, 1.165) is 12.5 Å². The highest BCUT2D eigenvalue weighted by Gasteiger charge is 2.33. The van der Waals surface area contributed by atoms with Crippen LogP contribution in [-0.4, -0.2) is 16.5 Å². The lowest BCUT2D eigenvalue weighted by atomic mass is 10.1. The molecule has 17 heavy (non-hydrogen) atoms. The van der Waals surface area contributed by atoms with Crippen LogP contribution in [-0.2, 0) is 6.18 Å². The molecule has 7 heteroatoms. The molecule has 0 aliphatic carbocycles. The Morgan fingerprint density at radius 2 is 2.00 bits per heavy atom. The van der Waals surface area contributed by atoms with Gasteiger partial charge in [0.1, 0.15) is 5.82 Å². The summed E-state index contributed by atoms with van der Waals surface area (Å²) < 4.78 is 37.3. The van der Waals surface area contributed by atoms with Gasteiger partial charge in [0.15, 0.2) is 5.69 Å². The molecule has 0 radical (unpaired) electrons. The molecule has 0 spiro atoms. The molecule has 4 nitrogen and oxygen atoms in total. The quantitative estimate of drug-likeness (QED) is 0.859. The highest BCUT2D eigenvalue weighted by atomic mass is 19.4. The highest BCUT2D eigenvalue weighted by molar-refractivity contribution is 5.41. The van der Waals surface area contributed by atoms with Crippen LogP contribution in [0.3, 0.4) is 0 Å². The Morgan fingerprint density at radius 1 is 1.35 bits per heavy atom. The van der Waals surface area contributed by atoms with Gasteiger partial charge in [0, 0.05) is 12.6 Å². The smallest absolute Gasteiger partial charge is 0.370 e. The summed E-state index contributed by atoms with van der Waals surface area (Å²) in [5.74, 6) is 0.182. The molecule has 0 bridgehead atoms. The van der Waals surface area contributed by atoms with Crippen LogP contribution in [0, 0.1) is 5.92 Å². The maximum Gasteiger partial charge on any atom is 0.433 e. The molecule has 0 aromatic carbocycles. The van der Waals surface area contributed by atoms with Gasteiger partial charge in [-0.1, -0.05) is 13.8 Å². The lowest BCUT2D eigenvalue weighted by Crippen LogP contribution is -2.13. The van der Waals surface area contributed by atoms with Crippen molar-refractivity contribution < 1.29 is 13.2 Å². The first-order chi connectivity index (χ1) is 7.79. The Labute approximate surface area is 97.4 Å². The fraction of sp³-hybridized carbons (Fsp3) is 0.600. The summed E-state index contributed by atoms with van der Waals surface area (Å²) >= 11 is 0. The first-order valence-electron chi connectivity index (χ1n) is 5.24. The molecule has 1 heterocycles. The van der Waals surface area contributed by atoms with E-state index in [0.29, 0.717) is 12.5 Å². The lowest BCUT2D eigenvalue weighted by molar-refractivity contribution is -0.141. The summed E-state index contributed by atoms with van der Waals surface area (Å²) in [6.45, 7) is 4.60. The Bertz CT molecular complexity index is 376. The average Bonchev–Trinajstić information content (AvgIpc) is 2.14. The summed E-state index contributed by atoms with van der Waals surface area (Å²) in [6, 6.07) is 0.858. The standard InChI is InChI=1S/C10H15F3N4/c1-6(2)3-4-15-8-5-7(10(11,12)13)16-9(14)17-8/h5-6H,3-4H2,1-2H3,(H3,14,15,16,17). The van der Waals surface area contributed by atoms with Crippen LogP contribution in [0.15, 0.2) is 6.07 Å². The first kappa shape index (κ1) is 13.5. The number of hydrogen-bond donors (Lipinski definition) is 2. The predicted octanol–water partition coefficient (Wildman–Crippen LogP) is 2.54. The van der Waals surface area contributed by atoms with Gasteiger partial charge in [0.05, 0.1) is 0 Å². The van der Waals surface area contributed by atoms with Crippen LogP contribution in [0.25, 0.3) is 0 Å². The van der Waals surface area contributed by atoms with Gasteiger partial charge in [0.2, 0.25) is 5.95 Å². The SMILES string of the molecule is CC(C)CCNc1cc(C(F)(F)F)nc(N)n1. The normalized spacial score (nSPS) is 11.9. The third kappa shape index (κ3) is 4.46. The van der Waals surface area contributed by atoms with E-state index in [1.165, 1.54) is 0 Å². The number of nitrogens with one attached hydrogen (secondary N) is 1. The summed E-state index contributed by atoms with van der Waals surface area (Å²) in [7, 11) is 0. The Kier molecular flexibility index (Phi) is 4.14. The zero-order chi connectivity index (χ0) is 13.1. The number of anilines is 2. The molecular weight excluding hydrogens is 233 g/mol. The number of aromatic nitrogens is 2. The molecule has 0 aliphatic rings. The molecule has 0 amide bonds. The topological polar surface area (TPSA) is 63.8 Å². The second-order valence-corrected chi connectivity index (χ2v) is 4.10. The number of halogens is 3. The molecule has 1 rings (SSSR count). The van der Waals surface area contributed by atoms with Crippen molar-refractivity contribution in [2.24, 2.45) is 5.92 Å². The van der Waals surface area contributed by atoms with Crippen molar-refractivity contribution >= 4 is 11.8 Å². The van der Waals surface area contributed by atoms with Gasteiger partial charge >= 0.3 is 6.18 Å². The van der Waals surface area contributed by atoms with Gasteiger partial charge in [-0.25, -0.2) is 4.98 Å². The van der Waals surface area contributed by atoms with Crippen molar-refractivity contribution in [3.63, 3.8) is 0 Å². The highest BCUT2D eigenvalue weighted by Crippen LogP contribution is 2.29. The maximum absolute atomic E-state index is 12.4. The van der Waals surface area contributed by atoms with Gasteiger partial charge in [-0.15, -0.1) is 0 Å². The molecule has 1 aromatic rings. The average molecular weight is 248 g/mol. The molecule has 0 saturated heterocycles. The molecule has 96 valence electrons. The third-order valence-corrected chi connectivity index (χ3v) is 2.06. The van der Waals surface area contributed by atoms with Gasteiger partial charge < -0.3 is 11.1 Å². The fourth-order valence-electron chi connectivity index (χ4n) is 1.19. The molecular formula is C10H15F3N4. The molecule has 1 aromatic heterocycles. The summed E-state index contributed by atoms with van der Waals surface area (Å²) in [4.78, 5) is 6.85. The van der Waals surface area contributed by atoms with Gasteiger partial charge in [-0.3, -0.25) is 0 Å². The van der Waals surface area contributed by atoms with Gasteiger partial charge in [-0.05, 0) is 12.3 Å². The number of nitrogens with zero attached hydrogens (tertiary/aromatic N) is 2. The zero-order valence-corrected chi connectivity index (χ0v) is 9.67. The second kappa shape index (κ2) is 5.20. The van der Waals surface area contributed by atoms with E-state index >= 15 is 0 Å². The summed E-state index contributed by atoms with van der Waals surface area (Å²) in [5, 5.41) is 2.80. The third-order valence-electron chi connectivity index (χ3n) is 2.06. The van der Waals surface area contributed by atoms with Crippen LogP contribution in [0.1, 0.15) is 26.0 Å². The Morgan fingerprint density at radius 3 is 2.53 bits per heavy atom. The number of nitrogens with two attached hydrogens (primary N) is 1. The number of alkyl halides is 3. The zero-order valence-electron chi connectivity index (χ0n) is 9.67. The van der Waals surface area contributed by atoms with E-state index in [1.807, 2.05) is 13.8 Å². The van der Waals surface area contributed by atoms with E-state index in [9.17, 15) is 13.2 Å². The van der Waals surface area contributed by atoms with Crippen molar-refractivity contribution in [1.82, 2.24) is 9.97 Å². The lowest BCUT2D eigenvalue weighted by Gasteiger charge is -2.11. The maximum atomic E-state index is 12.4. The minimum atomic E-state index is -4.51. The number of hydrogen-bond acceptors (Lipinski definition) is 4. The number of nitrogen functional groups attached to an aromatic ring is 1. The second-order valence-electron chi connectivity index (χ2n) is 4.10. The van der Waals surface area contributed by atoms with Crippen molar-refractivity contribution in [3.05, 3.63) is 11.8 Å². The molecule has 0 unspecified atom stereocenters. The summed E-state index contributed by atoms with van der Waals surface area (Å²) in [5.41, 5.74) is 4.19. The van der Waals surface area contributed by atoms with Crippen LogP contribution in [0.5, 0.6) is 0 Å². The van der Waals surface area contributed by atoms with Crippen LogP contribution >= 0.6 is 0 Å². The predicted molar refractivity (Wildman–Crippen MR) is 59.4 cm³/mol. The van der Waals surface area contributed by atoms with Crippen LogP contribution in [0.4, 0.5) is 24.9 Å². The Hall–Kier alpha value is -1.53. The minimum Gasteiger partial charge on any atom is -0.370 e. The monoisotopic (exact) mass is 248 g/mol. The minimum absolute atomic E-state index is 0.102. The van der Waals surface area contributed by atoms with E-state index in [-0.39, 0.29) is 11.8 Å². The molecule has 0 atom stereocenters. The molecule has 3 N–H and O–H groups in total. The van der Waals surface area contributed by atoms with Gasteiger partial charge in [-0.2, -0.15) is 18.2 Å². The first-order valence-corrected chi connectivity index (χ1v) is 5.24. The van der Waals surface area contributed by atoms with Crippen LogP contribution in [0.2, 0.25) is 0 Å².